The molecule has 0 bridgehead atoms. The van der Waals surface area contributed by atoms with Crippen LogP contribution in [0.15, 0.2) is 46.9 Å². The van der Waals surface area contributed by atoms with Gasteiger partial charge in [0.15, 0.2) is 0 Å². The van der Waals surface area contributed by atoms with Crippen molar-refractivity contribution in [2.24, 2.45) is 0 Å². The van der Waals surface area contributed by atoms with Crippen LogP contribution < -0.4 is 0 Å². The maximum atomic E-state index is 12.3. The van der Waals surface area contributed by atoms with E-state index in [0.717, 1.165) is 21.2 Å². The first kappa shape index (κ1) is 16.5. The Bertz CT molecular complexity index is 776. The normalized spacial score (nSPS) is 12.7. The summed E-state index contributed by atoms with van der Waals surface area (Å²) in [4.78, 5) is 25.6. The van der Waals surface area contributed by atoms with Crippen LogP contribution in [-0.2, 0) is 29.2 Å². The Morgan fingerprint density at radius 3 is 2.62 bits per heavy atom. The van der Waals surface area contributed by atoms with Crippen LogP contribution in [0.5, 0.6) is 0 Å². The number of carbonyl (C=O) groups is 2. The van der Waals surface area contributed by atoms with E-state index in [9.17, 15) is 9.59 Å². The fourth-order valence-electron chi connectivity index (χ4n) is 2.64. The zero-order valence-corrected chi connectivity index (χ0v) is 14.7. The molecule has 5 nitrogen and oxygen atoms in total. The minimum Gasteiger partial charge on any atom is -0.465 e. The molecule has 0 spiro atoms. The highest BCUT2D eigenvalue weighted by Gasteiger charge is 2.27. The van der Waals surface area contributed by atoms with Crippen molar-refractivity contribution in [3.63, 3.8) is 0 Å². The van der Waals surface area contributed by atoms with Crippen molar-refractivity contribution >= 4 is 28.0 Å². The topological polar surface area (TPSA) is 55.8 Å². The van der Waals surface area contributed by atoms with E-state index in [4.69, 9.17) is 9.47 Å². The molecule has 2 aromatic rings. The maximum absolute atomic E-state index is 12.3. The van der Waals surface area contributed by atoms with Crippen LogP contribution in [0.1, 0.15) is 27.0 Å². The average molecular weight is 390 g/mol. The van der Waals surface area contributed by atoms with E-state index in [1.54, 1.807) is 17.0 Å². The van der Waals surface area contributed by atoms with E-state index >= 15 is 0 Å². The molecule has 1 amide bonds. The highest BCUT2D eigenvalue weighted by Crippen LogP contribution is 2.31. The molecule has 3 rings (SSSR count). The number of carbonyl (C=O) groups excluding carboxylic acids is 2. The van der Waals surface area contributed by atoms with Crippen LogP contribution in [0, 0.1) is 0 Å². The molecule has 1 aliphatic rings. The lowest BCUT2D eigenvalue weighted by molar-refractivity contribution is 0.0600. The lowest BCUT2D eigenvalue weighted by Crippen LogP contribution is -2.26. The quantitative estimate of drug-likeness (QED) is 0.747. The molecule has 0 saturated heterocycles. The summed E-state index contributed by atoms with van der Waals surface area (Å²) in [5.41, 5.74) is 3.31. The summed E-state index contributed by atoms with van der Waals surface area (Å²) in [6.07, 6.45) is -0.374. The highest BCUT2D eigenvalue weighted by molar-refractivity contribution is 9.10. The van der Waals surface area contributed by atoms with Gasteiger partial charge in [-0.1, -0.05) is 46.3 Å². The van der Waals surface area contributed by atoms with Gasteiger partial charge in [-0.05, 0) is 28.8 Å². The molecule has 0 aliphatic carbocycles. The second-order valence-electron chi connectivity index (χ2n) is 5.48. The molecule has 0 fully saturated rings. The van der Waals surface area contributed by atoms with Gasteiger partial charge < -0.3 is 9.47 Å². The van der Waals surface area contributed by atoms with Crippen molar-refractivity contribution < 1.29 is 19.1 Å². The number of hydrogen-bond acceptors (Lipinski definition) is 4. The molecular weight excluding hydrogens is 374 g/mol. The Kier molecular flexibility index (Phi) is 4.85. The van der Waals surface area contributed by atoms with Gasteiger partial charge in [0, 0.05) is 11.0 Å². The number of halogens is 1. The predicted octanol–water partition coefficient (Wildman–Crippen LogP) is 3.89. The van der Waals surface area contributed by atoms with E-state index in [0.29, 0.717) is 18.7 Å². The number of hydrogen-bond donors (Lipinski definition) is 0. The van der Waals surface area contributed by atoms with E-state index in [-0.39, 0.29) is 12.7 Å². The second kappa shape index (κ2) is 7.05. The van der Waals surface area contributed by atoms with Crippen LogP contribution >= 0.6 is 15.9 Å². The number of benzene rings is 2. The monoisotopic (exact) mass is 389 g/mol. The summed E-state index contributed by atoms with van der Waals surface area (Å²) in [5, 5.41) is 0. The molecule has 0 atom stereocenters. The average Bonchev–Trinajstić information content (AvgIpc) is 3.04. The predicted molar refractivity (Wildman–Crippen MR) is 91.4 cm³/mol. The van der Waals surface area contributed by atoms with Gasteiger partial charge in [-0.3, -0.25) is 4.90 Å². The third kappa shape index (κ3) is 3.43. The number of nitrogens with zero attached hydrogens (tertiary/aromatic N) is 1. The molecule has 0 saturated carbocycles. The molecule has 0 radical (unpaired) electrons. The Hall–Kier alpha value is -2.34. The summed E-state index contributed by atoms with van der Waals surface area (Å²) < 4.78 is 10.9. The molecule has 0 N–H and O–H groups in total. The minimum atomic E-state index is -0.399. The van der Waals surface area contributed by atoms with Crippen LogP contribution in [0.4, 0.5) is 4.79 Å². The number of methoxy groups -OCH3 is 1. The SMILES string of the molecule is COC(=O)c1cc(Br)c2c(c1)CN(C(=O)OCc1ccccc1)C2. The zero-order valence-electron chi connectivity index (χ0n) is 13.1. The van der Waals surface area contributed by atoms with Crippen molar-refractivity contribution in [1.82, 2.24) is 4.90 Å². The molecule has 124 valence electrons. The number of ether oxygens (including phenoxy) is 2. The van der Waals surface area contributed by atoms with Crippen LogP contribution in [0.25, 0.3) is 0 Å². The summed E-state index contributed by atoms with van der Waals surface area (Å²) in [6, 6.07) is 13.0. The van der Waals surface area contributed by atoms with Gasteiger partial charge in [0.1, 0.15) is 6.61 Å². The van der Waals surface area contributed by atoms with Crippen LogP contribution in [0.2, 0.25) is 0 Å². The molecule has 0 unspecified atom stereocenters. The van der Waals surface area contributed by atoms with Gasteiger partial charge in [0.2, 0.25) is 0 Å². The number of rotatable bonds is 3. The Balaban J connectivity index is 1.68. The van der Waals surface area contributed by atoms with E-state index in [2.05, 4.69) is 15.9 Å². The van der Waals surface area contributed by atoms with Crippen molar-refractivity contribution in [3.05, 3.63) is 69.2 Å². The molecule has 24 heavy (non-hydrogen) atoms. The number of esters is 1. The first-order valence-corrected chi connectivity index (χ1v) is 8.23. The van der Waals surface area contributed by atoms with Crippen LogP contribution in [-0.4, -0.2) is 24.1 Å². The fraction of sp³-hybridized carbons (Fsp3) is 0.222. The highest BCUT2D eigenvalue weighted by atomic mass is 79.9. The van der Waals surface area contributed by atoms with E-state index in [1.165, 1.54) is 7.11 Å². The lowest BCUT2D eigenvalue weighted by Gasteiger charge is -2.15. The smallest absolute Gasteiger partial charge is 0.410 e. The van der Waals surface area contributed by atoms with Crippen LogP contribution in [0.3, 0.4) is 0 Å². The molecule has 6 heteroatoms. The number of fused-ring (bicyclic) bond motifs is 1. The summed E-state index contributed by atoms with van der Waals surface area (Å²) in [6.45, 7) is 1.10. The van der Waals surface area contributed by atoms with Crippen molar-refractivity contribution in [2.75, 3.05) is 7.11 Å². The van der Waals surface area contributed by atoms with Crippen molar-refractivity contribution in [3.8, 4) is 0 Å². The van der Waals surface area contributed by atoms with Gasteiger partial charge in [-0.15, -0.1) is 0 Å². The first-order chi connectivity index (χ1) is 11.6. The standard InChI is InChI=1S/C18H16BrNO4/c1-23-17(21)13-7-14-9-20(10-15(14)16(19)8-13)18(22)24-11-12-5-3-2-4-6-12/h2-8H,9-11H2,1H3. The van der Waals surface area contributed by atoms with Crippen molar-refractivity contribution in [1.29, 1.82) is 0 Å². The Labute approximate surface area is 148 Å². The summed E-state index contributed by atoms with van der Waals surface area (Å²) >= 11 is 3.46. The van der Waals surface area contributed by atoms with E-state index in [1.807, 2.05) is 30.3 Å². The van der Waals surface area contributed by atoms with Gasteiger partial charge in [0.25, 0.3) is 0 Å². The third-order valence-electron chi connectivity index (χ3n) is 3.88. The molecule has 1 heterocycles. The summed E-state index contributed by atoms with van der Waals surface area (Å²) in [7, 11) is 1.34. The third-order valence-corrected chi connectivity index (χ3v) is 4.59. The van der Waals surface area contributed by atoms with Gasteiger partial charge in [0.05, 0.1) is 19.2 Å². The second-order valence-corrected chi connectivity index (χ2v) is 6.34. The zero-order chi connectivity index (χ0) is 17.1. The van der Waals surface area contributed by atoms with E-state index < -0.39 is 5.97 Å². The van der Waals surface area contributed by atoms with Crippen molar-refractivity contribution in [2.45, 2.75) is 19.7 Å². The van der Waals surface area contributed by atoms with Gasteiger partial charge >= 0.3 is 12.1 Å². The van der Waals surface area contributed by atoms with Gasteiger partial charge in [-0.2, -0.15) is 0 Å². The molecular formula is C18H16BrNO4. The fourth-order valence-corrected chi connectivity index (χ4v) is 3.27. The molecule has 0 aromatic heterocycles. The Morgan fingerprint density at radius 1 is 1.17 bits per heavy atom. The minimum absolute atomic E-state index is 0.237. The first-order valence-electron chi connectivity index (χ1n) is 7.43. The summed E-state index contributed by atoms with van der Waals surface area (Å²) in [5.74, 6) is -0.399. The number of amides is 1. The van der Waals surface area contributed by atoms with Gasteiger partial charge in [-0.25, -0.2) is 9.59 Å². The largest absolute Gasteiger partial charge is 0.465 e. The molecule has 2 aromatic carbocycles. The Morgan fingerprint density at radius 2 is 1.92 bits per heavy atom. The lowest BCUT2D eigenvalue weighted by atomic mass is 10.1. The maximum Gasteiger partial charge on any atom is 0.410 e. The molecule has 1 aliphatic heterocycles.